The lowest BCUT2D eigenvalue weighted by molar-refractivity contribution is 0.451. The third-order valence-corrected chi connectivity index (χ3v) is 4.51. The molecular weight excluding hydrogens is 332 g/mol. The normalized spacial score (nSPS) is 10.6. The summed E-state index contributed by atoms with van der Waals surface area (Å²) in [4.78, 5) is 4.71. The molecule has 1 heterocycles. The fourth-order valence-electron chi connectivity index (χ4n) is 3.07. The molecule has 0 bridgehead atoms. The van der Waals surface area contributed by atoms with Gasteiger partial charge in [0, 0.05) is 11.6 Å². The summed E-state index contributed by atoms with van der Waals surface area (Å²) in [6, 6.07) is 6.92. The highest BCUT2D eigenvalue weighted by molar-refractivity contribution is 5.85. The second-order valence-electron chi connectivity index (χ2n) is 6.73. The van der Waals surface area contributed by atoms with Gasteiger partial charge in [0.2, 0.25) is 5.88 Å². The van der Waals surface area contributed by atoms with Gasteiger partial charge in [-0.2, -0.15) is 0 Å². The van der Waals surface area contributed by atoms with Gasteiger partial charge in [0.05, 0.1) is 11.4 Å². The number of aromatic nitrogens is 1. The number of nitrogens with zero attached hydrogens (tertiary/aromatic N) is 1. The molecule has 0 aliphatic heterocycles. The summed E-state index contributed by atoms with van der Waals surface area (Å²) >= 11 is 0. The zero-order chi connectivity index (χ0) is 17.9. The fraction of sp³-hybridized carbons (Fsp3) is 0.476. The van der Waals surface area contributed by atoms with E-state index in [9.17, 15) is 0 Å². The fourth-order valence-corrected chi connectivity index (χ4v) is 3.07. The Hall–Kier alpha value is -1.74. The van der Waals surface area contributed by atoms with E-state index in [1.807, 2.05) is 6.92 Å². The smallest absolute Gasteiger partial charge is 0.222 e. The third-order valence-electron chi connectivity index (χ3n) is 4.51. The number of aryl methyl sites for hydroxylation is 5. The van der Waals surface area contributed by atoms with Crippen molar-refractivity contribution in [2.75, 3.05) is 5.32 Å². The molecule has 2 aromatic rings. The van der Waals surface area contributed by atoms with Crippen LogP contribution in [0.2, 0.25) is 0 Å². The van der Waals surface area contributed by atoms with Gasteiger partial charge in [0.15, 0.2) is 0 Å². The zero-order valence-electron chi connectivity index (χ0n) is 16.5. The minimum atomic E-state index is 0. The topological polar surface area (TPSA) is 34.1 Å². The molecule has 0 saturated carbocycles. The van der Waals surface area contributed by atoms with E-state index >= 15 is 0 Å². The largest absolute Gasteiger partial charge is 0.438 e. The van der Waals surface area contributed by atoms with E-state index in [0.717, 1.165) is 46.7 Å². The Balaban J connectivity index is 0.00000312. The molecule has 0 spiro atoms. The molecule has 138 valence electrons. The van der Waals surface area contributed by atoms with Gasteiger partial charge < -0.3 is 10.1 Å². The molecule has 0 aliphatic rings. The Morgan fingerprint density at radius 1 is 0.920 bits per heavy atom. The summed E-state index contributed by atoms with van der Waals surface area (Å²) in [6.07, 6.45) is 2.21. The van der Waals surface area contributed by atoms with Crippen LogP contribution in [-0.4, -0.2) is 11.0 Å². The van der Waals surface area contributed by atoms with Gasteiger partial charge in [0.1, 0.15) is 5.75 Å². The number of hydrogen-bond donors (Lipinski definition) is 1. The number of pyridine rings is 1. The molecule has 0 aliphatic carbocycles. The first-order valence-corrected chi connectivity index (χ1v) is 8.86. The van der Waals surface area contributed by atoms with E-state index in [1.165, 1.54) is 5.56 Å². The van der Waals surface area contributed by atoms with Crippen molar-refractivity contribution in [3.8, 4) is 11.6 Å². The van der Waals surface area contributed by atoms with E-state index in [4.69, 9.17) is 9.72 Å². The van der Waals surface area contributed by atoms with Crippen LogP contribution >= 0.6 is 12.4 Å². The van der Waals surface area contributed by atoms with Crippen molar-refractivity contribution in [2.24, 2.45) is 0 Å². The maximum Gasteiger partial charge on any atom is 0.222 e. The van der Waals surface area contributed by atoms with Crippen LogP contribution in [0.4, 0.5) is 5.69 Å². The second kappa shape index (κ2) is 9.10. The van der Waals surface area contributed by atoms with Gasteiger partial charge >= 0.3 is 0 Å². The third kappa shape index (κ3) is 5.12. The highest BCUT2D eigenvalue weighted by Gasteiger charge is 2.13. The molecule has 0 saturated heterocycles. The molecule has 0 fully saturated rings. The molecule has 0 radical (unpaired) electrons. The van der Waals surface area contributed by atoms with Crippen LogP contribution in [0.3, 0.4) is 0 Å². The molecule has 25 heavy (non-hydrogen) atoms. The van der Waals surface area contributed by atoms with Crippen molar-refractivity contribution in [1.82, 2.24) is 4.98 Å². The Kier molecular flexibility index (Phi) is 7.75. The molecule has 0 atom stereocenters. The molecule has 1 N–H and O–H groups in total. The minimum absolute atomic E-state index is 0. The highest BCUT2D eigenvalue weighted by Crippen LogP contribution is 2.32. The monoisotopic (exact) mass is 362 g/mol. The lowest BCUT2D eigenvalue weighted by Gasteiger charge is -2.20. The SMILES string of the molecule is CCC(CC)Nc1cc(C)c(Oc2c(C)cc(C)cc2C)nc1C.Cl. The molecule has 2 rings (SSSR count). The van der Waals surface area contributed by atoms with E-state index in [-0.39, 0.29) is 12.4 Å². The number of benzene rings is 1. The Labute approximate surface area is 158 Å². The van der Waals surface area contributed by atoms with Gasteiger partial charge in [-0.1, -0.05) is 31.5 Å². The van der Waals surface area contributed by atoms with Crippen LogP contribution in [0, 0.1) is 34.6 Å². The highest BCUT2D eigenvalue weighted by atomic mass is 35.5. The van der Waals surface area contributed by atoms with Crippen molar-refractivity contribution < 1.29 is 4.74 Å². The lowest BCUT2D eigenvalue weighted by Crippen LogP contribution is -2.18. The average molecular weight is 363 g/mol. The van der Waals surface area contributed by atoms with E-state index in [0.29, 0.717) is 11.9 Å². The Bertz CT molecular complexity index is 701. The zero-order valence-corrected chi connectivity index (χ0v) is 17.3. The first-order valence-electron chi connectivity index (χ1n) is 8.86. The van der Waals surface area contributed by atoms with E-state index < -0.39 is 0 Å². The van der Waals surface area contributed by atoms with Crippen molar-refractivity contribution in [2.45, 2.75) is 67.3 Å². The van der Waals surface area contributed by atoms with Crippen molar-refractivity contribution in [3.05, 3.63) is 46.1 Å². The summed E-state index contributed by atoms with van der Waals surface area (Å²) in [7, 11) is 0. The van der Waals surface area contributed by atoms with Gasteiger partial charge in [-0.3, -0.25) is 0 Å². The van der Waals surface area contributed by atoms with Gasteiger partial charge in [-0.05, 0) is 64.7 Å². The second-order valence-corrected chi connectivity index (χ2v) is 6.73. The Morgan fingerprint density at radius 3 is 2.00 bits per heavy atom. The van der Waals surface area contributed by atoms with Crippen LogP contribution in [0.15, 0.2) is 18.2 Å². The molecular formula is C21H31ClN2O. The van der Waals surface area contributed by atoms with Crippen LogP contribution in [0.25, 0.3) is 0 Å². The molecule has 0 amide bonds. The van der Waals surface area contributed by atoms with Crippen LogP contribution in [0.5, 0.6) is 11.6 Å². The molecule has 1 aromatic heterocycles. The summed E-state index contributed by atoms with van der Waals surface area (Å²) in [5.74, 6) is 1.61. The quantitative estimate of drug-likeness (QED) is 0.642. The average Bonchev–Trinajstić information content (AvgIpc) is 2.52. The molecule has 1 aromatic carbocycles. The number of nitrogens with one attached hydrogen (secondary N) is 1. The Morgan fingerprint density at radius 2 is 1.48 bits per heavy atom. The van der Waals surface area contributed by atoms with Gasteiger partial charge in [-0.15, -0.1) is 12.4 Å². The van der Waals surface area contributed by atoms with Crippen LogP contribution in [0.1, 0.15) is 54.6 Å². The molecule has 0 unspecified atom stereocenters. The lowest BCUT2D eigenvalue weighted by atomic mass is 10.1. The van der Waals surface area contributed by atoms with Crippen molar-refractivity contribution in [1.29, 1.82) is 0 Å². The maximum atomic E-state index is 6.18. The van der Waals surface area contributed by atoms with E-state index in [1.54, 1.807) is 0 Å². The van der Waals surface area contributed by atoms with Gasteiger partial charge in [0.25, 0.3) is 0 Å². The summed E-state index contributed by atoms with van der Waals surface area (Å²) in [5.41, 5.74) is 6.67. The van der Waals surface area contributed by atoms with Gasteiger partial charge in [-0.25, -0.2) is 4.98 Å². The number of rotatable bonds is 6. The maximum absolute atomic E-state index is 6.18. The minimum Gasteiger partial charge on any atom is -0.438 e. The predicted molar refractivity (Wildman–Crippen MR) is 110 cm³/mol. The number of anilines is 1. The summed E-state index contributed by atoms with van der Waals surface area (Å²) in [5, 5.41) is 3.59. The number of ether oxygens (including phenoxy) is 1. The van der Waals surface area contributed by atoms with Crippen LogP contribution in [-0.2, 0) is 0 Å². The van der Waals surface area contributed by atoms with Crippen molar-refractivity contribution >= 4 is 18.1 Å². The predicted octanol–water partition coefficient (Wildman–Crippen LogP) is 6.44. The standard InChI is InChI=1S/C21H30N2O.ClH/c1-8-18(9-2)23-19-12-16(6)21(22-17(19)7)24-20-14(4)10-13(3)11-15(20)5;/h10-12,18,23H,8-9H2,1-7H3;1H. The summed E-state index contributed by atoms with van der Waals surface area (Å²) < 4.78 is 6.18. The first kappa shape index (κ1) is 21.3. The first-order chi connectivity index (χ1) is 11.3. The van der Waals surface area contributed by atoms with Crippen LogP contribution < -0.4 is 10.1 Å². The summed E-state index contributed by atoms with van der Waals surface area (Å²) in [6.45, 7) is 14.8. The number of hydrogen-bond acceptors (Lipinski definition) is 3. The van der Waals surface area contributed by atoms with E-state index in [2.05, 4.69) is 65.1 Å². The molecule has 3 nitrogen and oxygen atoms in total. The van der Waals surface area contributed by atoms with Crippen molar-refractivity contribution in [3.63, 3.8) is 0 Å². The molecule has 4 heteroatoms. The number of halogens is 1.